The van der Waals surface area contributed by atoms with Crippen molar-refractivity contribution in [2.75, 3.05) is 12.4 Å². The summed E-state index contributed by atoms with van der Waals surface area (Å²) in [7, 11) is 1.33. The maximum Gasteiger partial charge on any atom is 0.337 e. The Hall–Kier alpha value is -4.32. The van der Waals surface area contributed by atoms with E-state index in [0.717, 1.165) is 11.1 Å². The Morgan fingerprint density at radius 1 is 0.812 bits per heavy atom. The van der Waals surface area contributed by atoms with Gasteiger partial charge in [0.1, 0.15) is 18.1 Å². The van der Waals surface area contributed by atoms with E-state index < -0.39 is 5.97 Å². The Kier molecular flexibility index (Phi) is 6.32. The third-order valence-electron chi connectivity index (χ3n) is 4.79. The highest BCUT2D eigenvalue weighted by Crippen LogP contribution is 2.22. The Morgan fingerprint density at radius 3 is 2.19 bits per heavy atom. The van der Waals surface area contributed by atoms with Gasteiger partial charge < -0.3 is 19.2 Å². The highest BCUT2D eigenvalue weighted by atomic mass is 16.5. The fourth-order valence-electron chi connectivity index (χ4n) is 3.11. The largest absolute Gasteiger partial charge is 0.486 e. The second-order valence-electron chi connectivity index (χ2n) is 6.97. The second-order valence-corrected chi connectivity index (χ2v) is 6.97. The van der Waals surface area contributed by atoms with Crippen molar-refractivity contribution < 1.29 is 23.5 Å². The smallest absolute Gasteiger partial charge is 0.337 e. The van der Waals surface area contributed by atoms with E-state index in [2.05, 4.69) is 10.1 Å². The quantitative estimate of drug-likeness (QED) is 0.391. The lowest BCUT2D eigenvalue weighted by Gasteiger charge is -2.06. The van der Waals surface area contributed by atoms with Gasteiger partial charge in [0.05, 0.1) is 12.7 Å². The summed E-state index contributed by atoms with van der Waals surface area (Å²) < 4.78 is 15.9. The number of carbonyl (C=O) groups is 2. The standard InChI is InChI=1S/C26H21NO5/c1-30-26(29)20-9-13-22(14-10-20)31-17-23-15-16-24(32-23)25(28)27-21-11-7-19(8-12-21)18-5-3-2-4-6-18/h2-16H,17H2,1H3,(H,27,28). The summed E-state index contributed by atoms with van der Waals surface area (Å²) in [5, 5.41) is 2.83. The lowest BCUT2D eigenvalue weighted by Crippen LogP contribution is -2.10. The molecule has 4 rings (SSSR count). The normalized spacial score (nSPS) is 10.4. The van der Waals surface area contributed by atoms with Crippen LogP contribution in [0.15, 0.2) is 95.4 Å². The van der Waals surface area contributed by atoms with Crippen molar-refractivity contribution in [3.8, 4) is 16.9 Å². The first-order valence-corrected chi connectivity index (χ1v) is 9.99. The summed E-state index contributed by atoms with van der Waals surface area (Å²) >= 11 is 0. The van der Waals surface area contributed by atoms with Crippen LogP contribution in [-0.4, -0.2) is 19.0 Å². The summed E-state index contributed by atoms with van der Waals surface area (Å²) in [4.78, 5) is 24.0. The molecule has 1 aromatic heterocycles. The van der Waals surface area contributed by atoms with Crippen LogP contribution in [0.25, 0.3) is 11.1 Å². The molecule has 0 unspecified atom stereocenters. The first-order chi connectivity index (χ1) is 15.6. The predicted molar refractivity (Wildman–Crippen MR) is 121 cm³/mol. The van der Waals surface area contributed by atoms with Crippen molar-refractivity contribution in [3.05, 3.63) is 108 Å². The molecule has 0 saturated carbocycles. The molecule has 1 N–H and O–H groups in total. The SMILES string of the molecule is COC(=O)c1ccc(OCc2ccc(C(=O)Nc3ccc(-c4ccccc4)cc3)o2)cc1. The fraction of sp³-hybridized carbons (Fsp3) is 0.0769. The fourth-order valence-corrected chi connectivity index (χ4v) is 3.11. The van der Waals surface area contributed by atoms with Crippen LogP contribution in [0.1, 0.15) is 26.7 Å². The number of furan rings is 1. The molecule has 0 fully saturated rings. The highest BCUT2D eigenvalue weighted by Gasteiger charge is 2.12. The third-order valence-corrected chi connectivity index (χ3v) is 4.79. The number of nitrogens with one attached hydrogen (secondary N) is 1. The molecular weight excluding hydrogens is 406 g/mol. The first-order valence-electron chi connectivity index (χ1n) is 9.99. The van der Waals surface area contributed by atoms with Crippen LogP contribution in [0.2, 0.25) is 0 Å². The lowest BCUT2D eigenvalue weighted by atomic mass is 10.1. The molecule has 0 aliphatic carbocycles. The minimum Gasteiger partial charge on any atom is -0.486 e. The molecule has 1 heterocycles. The van der Waals surface area contributed by atoms with E-state index in [9.17, 15) is 9.59 Å². The Bertz CT molecular complexity index is 1200. The molecule has 6 heteroatoms. The molecular formula is C26H21NO5. The van der Waals surface area contributed by atoms with Crippen LogP contribution in [0.4, 0.5) is 5.69 Å². The van der Waals surface area contributed by atoms with Gasteiger partial charge in [-0.25, -0.2) is 4.79 Å². The molecule has 0 spiro atoms. The van der Waals surface area contributed by atoms with E-state index in [0.29, 0.717) is 22.8 Å². The van der Waals surface area contributed by atoms with E-state index in [1.54, 1.807) is 36.4 Å². The zero-order valence-corrected chi connectivity index (χ0v) is 17.4. The molecule has 1 amide bonds. The summed E-state index contributed by atoms with van der Waals surface area (Å²) in [5.41, 5.74) is 3.30. The van der Waals surface area contributed by atoms with Gasteiger partial charge in [-0.05, 0) is 59.7 Å². The Morgan fingerprint density at radius 2 is 1.50 bits per heavy atom. The maximum absolute atomic E-state index is 12.5. The zero-order chi connectivity index (χ0) is 22.3. The van der Waals surface area contributed by atoms with E-state index in [1.165, 1.54) is 7.11 Å². The molecule has 4 aromatic rings. The summed E-state index contributed by atoms with van der Waals surface area (Å²) in [6.45, 7) is 0.149. The molecule has 0 aliphatic rings. The minimum absolute atomic E-state index is 0.149. The van der Waals surface area contributed by atoms with E-state index in [4.69, 9.17) is 9.15 Å². The molecule has 3 aromatic carbocycles. The molecule has 160 valence electrons. The number of hydrogen-bond acceptors (Lipinski definition) is 5. The van der Waals surface area contributed by atoms with Crippen molar-refractivity contribution in [3.63, 3.8) is 0 Å². The lowest BCUT2D eigenvalue weighted by molar-refractivity contribution is 0.0600. The maximum atomic E-state index is 12.5. The Balaban J connectivity index is 1.33. The van der Waals surface area contributed by atoms with E-state index >= 15 is 0 Å². The summed E-state index contributed by atoms with van der Waals surface area (Å²) in [5.74, 6) is 0.515. The number of methoxy groups -OCH3 is 1. The average molecular weight is 427 g/mol. The number of ether oxygens (including phenoxy) is 2. The number of anilines is 1. The monoisotopic (exact) mass is 427 g/mol. The van der Waals surface area contributed by atoms with Crippen molar-refractivity contribution in [2.24, 2.45) is 0 Å². The van der Waals surface area contributed by atoms with Crippen LogP contribution >= 0.6 is 0 Å². The second kappa shape index (κ2) is 9.66. The summed E-state index contributed by atoms with van der Waals surface area (Å²) in [6, 6.07) is 27.5. The first kappa shape index (κ1) is 20.9. The number of rotatable bonds is 7. The summed E-state index contributed by atoms with van der Waals surface area (Å²) in [6.07, 6.45) is 0. The van der Waals surface area contributed by atoms with Crippen LogP contribution < -0.4 is 10.1 Å². The van der Waals surface area contributed by atoms with Gasteiger partial charge in [0.25, 0.3) is 5.91 Å². The van der Waals surface area contributed by atoms with Crippen molar-refractivity contribution in [1.29, 1.82) is 0 Å². The number of amides is 1. The van der Waals surface area contributed by atoms with E-state index in [1.807, 2.05) is 54.6 Å². The third kappa shape index (κ3) is 5.05. The van der Waals surface area contributed by atoms with Crippen LogP contribution in [0, 0.1) is 0 Å². The van der Waals surface area contributed by atoms with Crippen LogP contribution in [-0.2, 0) is 11.3 Å². The van der Waals surface area contributed by atoms with Crippen molar-refractivity contribution >= 4 is 17.6 Å². The van der Waals surface area contributed by atoms with Gasteiger partial charge in [-0.2, -0.15) is 0 Å². The van der Waals surface area contributed by atoms with Crippen molar-refractivity contribution in [2.45, 2.75) is 6.61 Å². The van der Waals surface area contributed by atoms with Gasteiger partial charge in [-0.15, -0.1) is 0 Å². The van der Waals surface area contributed by atoms with Gasteiger partial charge in [0.2, 0.25) is 0 Å². The molecule has 0 atom stereocenters. The molecule has 0 saturated heterocycles. The Labute approximate surface area is 185 Å². The van der Waals surface area contributed by atoms with Gasteiger partial charge in [0, 0.05) is 5.69 Å². The molecule has 0 radical (unpaired) electrons. The van der Waals surface area contributed by atoms with Crippen molar-refractivity contribution in [1.82, 2.24) is 0 Å². The molecule has 0 bridgehead atoms. The average Bonchev–Trinajstić information content (AvgIpc) is 3.33. The number of esters is 1. The van der Waals surface area contributed by atoms with E-state index in [-0.39, 0.29) is 18.3 Å². The van der Waals surface area contributed by atoms with Gasteiger partial charge in [-0.3, -0.25) is 4.79 Å². The zero-order valence-electron chi connectivity index (χ0n) is 17.4. The number of carbonyl (C=O) groups excluding carboxylic acids is 2. The predicted octanol–water partition coefficient (Wildman–Crippen LogP) is 5.56. The molecule has 0 aliphatic heterocycles. The van der Waals surface area contributed by atoms with Crippen LogP contribution in [0.3, 0.4) is 0 Å². The van der Waals surface area contributed by atoms with Gasteiger partial charge in [-0.1, -0.05) is 42.5 Å². The molecule has 32 heavy (non-hydrogen) atoms. The minimum atomic E-state index is -0.409. The topological polar surface area (TPSA) is 77.8 Å². The van der Waals surface area contributed by atoms with Gasteiger partial charge >= 0.3 is 5.97 Å². The van der Waals surface area contributed by atoms with Gasteiger partial charge in [0.15, 0.2) is 5.76 Å². The number of benzene rings is 3. The molecule has 6 nitrogen and oxygen atoms in total. The highest BCUT2D eigenvalue weighted by molar-refractivity contribution is 6.02. The number of hydrogen-bond donors (Lipinski definition) is 1. The van der Waals surface area contributed by atoms with Crippen LogP contribution in [0.5, 0.6) is 5.75 Å².